The van der Waals surface area contributed by atoms with Gasteiger partial charge in [0, 0.05) is 0 Å². The van der Waals surface area contributed by atoms with Crippen LogP contribution < -0.4 is 10.1 Å². The number of nitrogens with zero attached hydrogens (tertiary/aromatic N) is 2. The van der Waals surface area contributed by atoms with Crippen LogP contribution in [0.3, 0.4) is 0 Å². The number of aromatic nitrogens is 2. The average Bonchev–Trinajstić information content (AvgIpc) is 3.07. The van der Waals surface area contributed by atoms with Gasteiger partial charge in [-0.2, -0.15) is 0 Å². The molecule has 1 aromatic heterocycles. The Bertz CT molecular complexity index is 886. The fraction of sp³-hybridized carbons (Fsp3) is 0.364. The molecule has 0 radical (unpaired) electrons. The molecule has 1 N–H and O–H groups in total. The summed E-state index contributed by atoms with van der Waals surface area (Å²) in [6.45, 7) is 7.55. The van der Waals surface area contributed by atoms with Crippen LogP contribution >= 0.6 is 0 Å². The number of carbonyl (C=O) groups excluding carboxylic acids is 1. The highest BCUT2D eigenvalue weighted by atomic mass is 16.5. The molecule has 5 heteroatoms. The summed E-state index contributed by atoms with van der Waals surface area (Å²) in [5.41, 5.74) is 3.30. The van der Waals surface area contributed by atoms with Gasteiger partial charge in [0.1, 0.15) is 18.2 Å². The molecule has 142 valence electrons. The van der Waals surface area contributed by atoms with Crippen LogP contribution in [0.15, 0.2) is 48.5 Å². The van der Waals surface area contributed by atoms with Gasteiger partial charge in [-0.3, -0.25) is 4.79 Å². The van der Waals surface area contributed by atoms with Crippen LogP contribution in [-0.4, -0.2) is 22.6 Å². The van der Waals surface area contributed by atoms with Gasteiger partial charge in [-0.15, -0.1) is 0 Å². The van der Waals surface area contributed by atoms with Gasteiger partial charge in [-0.25, -0.2) is 4.98 Å². The first-order chi connectivity index (χ1) is 13.1. The summed E-state index contributed by atoms with van der Waals surface area (Å²) >= 11 is 0. The molecular weight excluding hydrogens is 338 g/mol. The molecule has 0 saturated heterocycles. The maximum atomic E-state index is 10.8. The van der Waals surface area contributed by atoms with E-state index in [2.05, 4.69) is 40.8 Å². The van der Waals surface area contributed by atoms with Crippen molar-refractivity contribution in [2.75, 3.05) is 6.61 Å². The predicted octanol–water partition coefficient (Wildman–Crippen LogP) is 4.44. The summed E-state index contributed by atoms with van der Waals surface area (Å²) in [7, 11) is 0. The lowest BCUT2D eigenvalue weighted by Crippen LogP contribution is -2.21. The van der Waals surface area contributed by atoms with E-state index in [1.807, 2.05) is 43.3 Å². The van der Waals surface area contributed by atoms with E-state index in [1.165, 1.54) is 5.56 Å². The Balaban J connectivity index is 1.72. The van der Waals surface area contributed by atoms with Crippen molar-refractivity contribution in [1.29, 1.82) is 0 Å². The van der Waals surface area contributed by atoms with Crippen molar-refractivity contribution < 1.29 is 9.53 Å². The highest BCUT2D eigenvalue weighted by Gasteiger charge is 2.16. The van der Waals surface area contributed by atoms with Gasteiger partial charge in [0.05, 0.1) is 23.6 Å². The summed E-state index contributed by atoms with van der Waals surface area (Å²) in [4.78, 5) is 15.5. The number of para-hydroxylation sites is 2. The Morgan fingerprint density at radius 2 is 1.89 bits per heavy atom. The van der Waals surface area contributed by atoms with Crippen LogP contribution in [0.2, 0.25) is 0 Å². The fourth-order valence-electron chi connectivity index (χ4n) is 3.22. The molecule has 2 atom stereocenters. The molecule has 1 amide bonds. The van der Waals surface area contributed by atoms with E-state index in [4.69, 9.17) is 4.74 Å². The number of nitrogens with one attached hydrogen (secondary N) is 1. The maximum absolute atomic E-state index is 10.8. The number of hydrogen-bond donors (Lipinski definition) is 1. The van der Waals surface area contributed by atoms with E-state index in [0.29, 0.717) is 25.5 Å². The molecule has 0 spiro atoms. The number of fused-ring (bicyclic) bond motifs is 1. The van der Waals surface area contributed by atoms with E-state index in [1.54, 1.807) is 0 Å². The first kappa shape index (κ1) is 19.0. The normalized spacial score (nSPS) is 13.3. The number of amides is 1. The Morgan fingerprint density at radius 1 is 1.15 bits per heavy atom. The zero-order valence-electron chi connectivity index (χ0n) is 16.2. The third-order valence-electron chi connectivity index (χ3n) is 5.03. The van der Waals surface area contributed by atoms with E-state index in [-0.39, 0.29) is 6.04 Å². The van der Waals surface area contributed by atoms with Crippen molar-refractivity contribution in [3.8, 4) is 5.75 Å². The predicted molar refractivity (Wildman–Crippen MR) is 108 cm³/mol. The van der Waals surface area contributed by atoms with Crippen LogP contribution in [0.4, 0.5) is 0 Å². The third-order valence-corrected chi connectivity index (χ3v) is 5.03. The fourth-order valence-corrected chi connectivity index (χ4v) is 3.22. The maximum Gasteiger partial charge on any atom is 0.207 e. The number of carbonyl (C=O) groups is 1. The number of hydrogen-bond acceptors (Lipinski definition) is 3. The second-order valence-corrected chi connectivity index (χ2v) is 6.84. The van der Waals surface area contributed by atoms with Gasteiger partial charge in [0.2, 0.25) is 6.41 Å². The monoisotopic (exact) mass is 365 g/mol. The van der Waals surface area contributed by atoms with Crippen LogP contribution in [0.25, 0.3) is 11.0 Å². The zero-order chi connectivity index (χ0) is 19.2. The van der Waals surface area contributed by atoms with E-state index in [0.717, 1.165) is 29.0 Å². The molecule has 27 heavy (non-hydrogen) atoms. The smallest absolute Gasteiger partial charge is 0.207 e. The molecule has 0 saturated carbocycles. The molecule has 3 aromatic rings. The zero-order valence-corrected chi connectivity index (χ0v) is 16.2. The topological polar surface area (TPSA) is 56.1 Å². The summed E-state index contributed by atoms with van der Waals surface area (Å²) in [6, 6.07) is 16.2. The first-order valence-corrected chi connectivity index (χ1v) is 9.51. The average molecular weight is 365 g/mol. The minimum Gasteiger partial charge on any atom is -0.492 e. The van der Waals surface area contributed by atoms with Crippen molar-refractivity contribution in [2.45, 2.75) is 45.7 Å². The minimum atomic E-state index is -0.162. The second kappa shape index (κ2) is 8.71. The van der Waals surface area contributed by atoms with Crippen molar-refractivity contribution in [2.24, 2.45) is 0 Å². The molecule has 0 aliphatic rings. The summed E-state index contributed by atoms with van der Waals surface area (Å²) in [6.07, 6.45) is 1.84. The molecule has 1 heterocycles. The SMILES string of the molecule is CCC(C)c1ccc(OCCn2c(C(C)NC=O)nc3ccccc32)cc1. The minimum absolute atomic E-state index is 0.162. The number of rotatable bonds is 9. The summed E-state index contributed by atoms with van der Waals surface area (Å²) in [5.74, 6) is 2.26. The van der Waals surface area contributed by atoms with E-state index < -0.39 is 0 Å². The quantitative estimate of drug-likeness (QED) is 0.571. The van der Waals surface area contributed by atoms with Crippen LogP contribution in [0, 0.1) is 0 Å². The molecule has 0 bridgehead atoms. The molecule has 0 aliphatic carbocycles. The Labute approximate surface area is 160 Å². The van der Waals surface area contributed by atoms with Crippen molar-refractivity contribution >= 4 is 17.4 Å². The Morgan fingerprint density at radius 3 is 2.59 bits per heavy atom. The summed E-state index contributed by atoms with van der Waals surface area (Å²) < 4.78 is 8.07. The number of imidazole rings is 1. The lowest BCUT2D eigenvalue weighted by Gasteiger charge is -2.15. The van der Waals surface area contributed by atoms with E-state index >= 15 is 0 Å². The second-order valence-electron chi connectivity index (χ2n) is 6.84. The van der Waals surface area contributed by atoms with Gasteiger partial charge in [-0.05, 0) is 49.1 Å². The molecule has 2 unspecified atom stereocenters. The summed E-state index contributed by atoms with van der Waals surface area (Å²) in [5, 5.41) is 2.79. The lowest BCUT2D eigenvalue weighted by molar-refractivity contribution is -0.110. The van der Waals surface area contributed by atoms with Gasteiger partial charge in [-0.1, -0.05) is 38.1 Å². The largest absolute Gasteiger partial charge is 0.492 e. The Kier molecular flexibility index (Phi) is 6.12. The standard InChI is InChI=1S/C22H27N3O2/c1-4-16(2)18-9-11-19(12-10-18)27-14-13-25-21-8-6-5-7-20(21)24-22(25)17(3)23-15-26/h5-12,15-17H,4,13-14H2,1-3H3,(H,23,26). The number of ether oxygens (including phenoxy) is 1. The highest BCUT2D eigenvalue weighted by molar-refractivity contribution is 5.76. The van der Waals surface area contributed by atoms with Crippen LogP contribution in [0.1, 0.15) is 50.5 Å². The van der Waals surface area contributed by atoms with Gasteiger partial charge in [0.25, 0.3) is 0 Å². The highest BCUT2D eigenvalue weighted by Crippen LogP contribution is 2.23. The third kappa shape index (κ3) is 4.30. The molecule has 0 fully saturated rings. The van der Waals surface area contributed by atoms with Crippen molar-refractivity contribution in [1.82, 2.24) is 14.9 Å². The molecule has 3 rings (SSSR count). The first-order valence-electron chi connectivity index (χ1n) is 9.51. The molecular formula is C22H27N3O2. The van der Waals surface area contributed by atoms with Gasteiger partial charge >= 0.3 is 0 Å². The lowest BCUT2D eigenvalue weighted by atomic mass is 9.99. The molecule has 0 aliphatic heterocycles. The van der Waals surface area contributed by atoms with Crippen LogP contribution in [-0.2, 0) is 11.3 Å². The van der Waals surface area contributed by atoms with Crippen molar-refractivity contribution in [3.63, 3.8) is 0 Å². The van der Waals surface area contributed by atoms with E-state index in [9.17, 15) is 4.79 Å². The Hall–Kier alpha value is -2.82. The van der Waals surface area contributed by atoms with Crippen molar-refractivity contribution in [3.05, 3.63) is 59.9 Å². The van der Waals surface area contributed by atoms with Gasteiger partial charge in [0.15, 0.2) is 0 Å². The van der Waals surface area contributed by atoms with Gasteiger partial charge < -0.3 is 14.6 Å². The molecule has 2 aromatic carbocycles. The number of benzene rings is 2. The van der Waals surface area contributed by atoms with Crippen LogP contribution in [0.5, 0.6) is 5.75 Å². The molecule has 5 nitrogen and oxygen atoms in total.